The van der Waals surface area contributed by atoms with Crippen LogP contribution in [0.1, 0.15) is 109 Å². The molecule has 0 aliphatic carbocycles. The minimum atomic E-state index is -0.218. The lowest BCUT2D eigenvalue weighted by atomic mass is 10.3. The summed E-state index contributed by atoms with van der Waals surface area (Å²) >= 11 is 0. The Balaban J connectivity index is -0.0000000688. The summed E-state index contributed by atoms with van der Waals surface area (Å²) in [7, 11) is 0. The second kappa shape index (κ2) is 38.9. The van der Waals surface area contributed by atoms with Gasteiger partial charge in [-0.3, -0.25) is 19.8 Å². The Morgan fingerprint density at radius 2 is 0.812 bits per heavy atom. The van der Waals surface area contributed by atoms with Gasteiger partial charge in [-0.25, -0.2) is 16.7 Å². The summed E-state index contributed by atoms with van der Waals surface area (Å²) in [4.78, 5) is 39.9. The van der Waals surface area contributed by atoms with Gasteiger partial charge in [-0.1, -0.05) is 48.5 Å². The molecule has 0 heterocycles. The first-order valence-corrected chi connectivity index (χ1v) is 10.9. The van der Waals surface area contributed by atoms with Gasteiger partial charge in [0, 0.05) is 38.6 Å². The van der Waals surface area contributed by atoms with E-state index < -0.39 is 0 Å². The van der Waals surface area contributed by atoms with Gasteiger partial charge in [0.05, 0.1) is 0 Å². The first kappa shape index (κ1) is 43.3. The molecule has 0 bridgehead atoms. The third kappa shape index (κ3) is 80.6. The van der Waals surface area contributed by atoms with Crippen molar-refractivity contribution in [2.45, 2.75) is 109 Å². The van der Waals surface area contributed by atoms with Crippen LogP contribution in [0.3, 0.4) is 0 Å². The molecule has 0 aliphatic heterocycles. The van der Waals surface area contributed by atoms with E-state index in [9.17, 15) is 19.2 Å². The summed E-state index contributed by atoms with van der Waals surface area (Å²) in [6, 6.07) is 0. The normalized spacial score (nSPS) is 8.94. The van der Waals surface area contributed by atoms with E-state index in [0.717, 1.165) is 24.3 Å². The smallest absolute Gasteiger partial charge is 0.236 e. The predicted octanol–water partition coefficient (Wildman–Crippen LogP) is 3.85. The zero-order valence-corrected chi connectivity index (χ0v) is 22.7. The van der Waals surface area contributed by atoms with Crippen LogP contribution in [0.5, 0.6) is 0 Å². The van der Waals surface area contributed by atoms with Gasteiger partial charge in [-0.2, -0.15) is 10.2 Å². The van der Waals surface area contributed by atoms with E-state index in [2.05, 4.69) is 26.9 Å². The van der Waals surface area contributed by atoms with Crippen LogP contribution in [-0.2, 0) is 19.2 Å². The van der Waals surface area contributed by atoms with Crippen LogP contribution in [-0.4, -0.2) is 34.9 Å². The van der Waals surface area contributed by atoms with Gasteiger partial charge in [-0.05, 0) is 33.6 Å². The molecule has 0 rings (SSSR count). The highest BCUT2D eigenvalue weighted by atomic mass is 16.2. The number of rotatable bonds is 5. The number of nitrogens with zero attached hydrogens (tertiary/aromatic N) is 2. The fourth-order valence-electron chi connectivity index (χ4n) is 0.506. The third-order valence-electron chi connectivity index (χ3n) is 2.53. The number of hydrazone groups is 2. The summed E-state index contributed by atoms with van der Waals surface area (Å²) in [5, 5.41) is 7.52. The SMILES string of the molecule is CC.CC.CC(=O)NN.CC/C(C)=N\NC(C)=O.CC/C(C)=N\NC(C)=O.CCC(C)=O. The fraction of sp³-hybridized carbons (Fsp3) is 0.727. The first-order valence-electron chi connectivity index (χ1n) is 10.9. The Bertz CT molecular complexity index is 473. The van der Waals surface area contributed by atoms with E-state index in [-0.39, 0.29) is 23.5 Å². The molecule has 0 saturated heterocycles. The number of carbonyl (C=O) groups is 4. The molecule has 192 valence electrons. The molecule has 10 nitrogen and oxygen atoms in total. The molecule has 0 aromatic carbocycles. The van der Waals surface area contributed by atoms with Gasteiger partial charge in [0.2, 0.25) is 17.7 Å². The molecule has 32 heavy (non-hydrogen) atoms. The highest BCUT2D eigenvalue weighted by molar-refractivity contribution is 5.84. The predicted molar refractivity (Wildman–Crippen MR) is 136 cm³/mol. The van der Waals surface area contributed by atoms with Crippen molar-refractivity contribution in [3.63, 3.8) is 0 Å². The number of nitrogens with two attached hydrogens (primary N) is 1. The first-order chi connectivity index (χ1) is 14.9. The van der Waals surface area contributed by atoms with E-state index in [0.29, 0.717) is 6.42 Å². The molecular weight excluding hydrogens is 412 g/mol. The number of ketones is 1. The quantitative estimate of drug-likeness (QED) is 0.211. The number of hydrogen-bond donors (Lipinski definition) is 4. The van der Waals surface area contributed by atoms with Crippen molar-refractivity contribution in [2.75, 3.05) is 0 Å². The molecule has 0 spiro atoms. The number of hydrogen-bond acceptors (Lipinski definition) is 7. The molecule has 0 radical (unpaired) electrons. The Morgan fingerprint density at radius 3 is 0.906 bits per heavy atom. The second-order valence-corrected chi connectivity index (χ2v) is 5.49. The maximum Gasteiger partial charge on any atom is 0.236 e. The average Bonchev–Trinajstić information content (AvgIpc) is 2.79. The Hall–Kier alpha value is -2.62. The van der Waals surface area contributed by atoms with Crippen LogP contribution >= 0.6 is 0 Å². The van der Waals surface area contributed by atoms with Crippen molar-refractivity contribution in [1.29, 1.82) is 0 Å². The highest BCUT2D eigenvalue weighted by Crippen LogP contribution is 1.80. The van der Waals surface area contributed by atoms with Gasteiger partial charge in [0.25, 0.3) is 0 Å². The van der Waals surface area contributed by atoms with Crippen LogP contribution in [0.15, 0.2) is 10.2 Å². The topological polar surface area (TPSA) is 155 Å². The molecule has 5 N–H and O–H groups in total. The highest BCUT2D eigenvalue weighted by Gasteiger charge is 1.87. The molecular formula is C22H50N6O4. The van der Waals surface area contributed by atoms with Crippen molar-refractivity contribution in [3.8, 4) is 0 Å². The van der Waals surface area contributed by atoms with Crippen molar-refractivity contribution in [2.24, 2.45) is 16.0 Å². The summed E-state index contributed by atoms with van der Waals surface area (Å²) in [6.45, 7) is 23.4. The van der Waals surface area contributed by atoms with Gasteiger partial charge < -0.3 is 4.79 Å². The van der Waals surface area contributed by atoms with Crippen LogP contribution < -0.4 is 22.1 Å². The molecule has 10 heteroatoms. The minimum absolute atomic E-state index is 0.122. The van der Waals surface area contributed by atoms with E-state index in [1.54, 1.807) is 6.92 Å². The molecule has 3 amide bonds. The number of hydrazine groups is 1. The van der Waals surface area contributed by atoms with Crippen LogP contribution in [0.2, 0.25) is 0 Å². The van der Waals surface area contributed by atoms with Crippen molar-refractivity contribution in [1.82, 2.24) is 16.3 Å². The Morgan fingerprint density at radius 1 is 0.594 bits per heavy atom. The minimum Gasteiger partial charge on any atom is -0.300 e. The van der Waals surface area contributed by atoms with Crippen LogP contribution in [0.4, 0.5) is 0 Å². The van der Waals surface area contributed by atoms with Crippen molar-refractivity contribution in [3.05, 3.63) is 0 Å². The summed E-state index contributed by atoms with van der Waals surface area (Å²) in [6.07, 6.45) is 2.42. The van der Waals surface area contributed by atoms with Crippen LogP contribution in [0, 0.1) is 0 Å². The standard InChI is InChI=1S/2C6H12N2O.C4H8O.C2H6N2O.2C2H6/c2*1-4-5(2)7-8-6(3)9;1-3-4(2)5;1-2(5)4-3;2*1-2/h2*4H2,1-3H3,(H,8,9);3H2,1-2H3;3H2,1H3,(H,4,5);2*1-2H3/b2*7-5-;;;;. The van der Waals surface area contributed by atoms with E-state index >= 15 is 0 Å². The number of carbonyl (C=O) groups excluding carboxylic acids is 4. The number of Topliss-reactive ketones (excluding diaryl/α,β-unsaturated/α-hetero) is 1. The van der Waals surface area contributed by atoms with Gasteiger partial charge in [0.15, 0.2) is 0 Å². The van der Waals surface area contributed by atoms with Gasteiger partial charge in [0.1, 0.15) is 5.78 Å². The largest absolute Gasteiger partial charge is 0.300 e. The number of amides is 3. The summed E-state index contributed by atoms with van der Waals surface area (Å²) in [5.41, 5.74) is 8.45. The fourth-order valence-corrected chi connectivity index (χ4v) is 0.506. The summed E-state index contributed by atoms with van der Waals surface area (Å²) < 4.78 is 0. The molecule has 0 aliphatic rings. The van der Waals surface area contributed by atoms with Crippen LogP contribution in [0.25, 0.3) is 0 Å². The van der Waals surface area contributed by atoms with E-state index in [1.165, 1.54) is 20.8 Å². The molecule has 0 aromatic heterocycles. The lowest BCUT2D eigenvalue weighted by molar-refractivity contribution is -0.119. The van der Waals surface area contributed by atoms with Crippen molar-refractivity contribution < 1.29 is 19.2 Å². The maximum atomic E-state index is 10.2. The Kier molecular flexibility index (Phi) is 52.7. The summed E-state index contributed by atoms with van der Waals surface area (Å²) in [5.74, 6) is 4.36. The number of nitrogens with one attached hydrogen (secondary N) is 3. The van der Waals surface area contributed by atoms with E-state index in [1.807, 2.05) is 67.7 Å². The van der Waals surface area contributed by atoms with Gasteiger partial charge >= 0.3 is 0 Å². The average molecular weight is 463 g/mol. The Labute approximate surface area is 196 Å². The second-order valence-electron chi connectivity index (χ2n) is 5.49. The molecule has 0 fully saturated rings. The monoisotopic (exact) mass is 462 g/mol. The lowest BCUT2D eigenvalue weighted by Gasteiger charge is -1.93. The lowest BCUT2D eigenvalue weighted by Crippen LogP contribution is -2.26. The molecule has 0 saturated carbocycles. The molecule has 0 aromatic rings. The van der Waals surface area contributed by atoms with Crippen molar-refractivity contribution >= 4 is 34.9 Å². The maximum absolute atomic E-state index is 10.2. The molecule has 0 unspecified atom stereocenters. The van der Waals surface area contributed by atoms with E-state index in [4.69, 9.17) is 0 Å². The third-order valence-corrected chi connectivity index (χ3v) is 2.53. The van der Waals surface area contributed by atoms with Gasteiger partial charge in [-0.15, -0.1) is 0 Å². The zero-order chi connectivity index (χ0) is 27.1. The zero-order valence-electron chi connectivity index (χ0n) is 22.7. The molecule has 0 atom stereocenters.